The van der Waals surface area contributed by atoms with Gasteiger partial charge in [-0.2, -0.15) is 0 Å². The van der Waals surface area contributed by atoms with Gasteiger partial charge in [0.2, 0.25) is 0 Å². The first-order chi connectivity index (χ1) is 7.96. The zero-order chi connectivity index (χ0) is 12.6. The van der Waals surface area contributed by atoms with Crippen LogP contribution in [0.4, 0.5) is 0 Å². The molecule has 0 aromatic heterocycles. The highest BCUT2D eigenvalue weighted by Gasteiger charge is 2.44. The van der Waals surface area contributed by atoms with E-state index in [9.17, 15) is 5.11 Å². The van der Waals surface area contributed by atoms with Gasteiger partial charge in [0.05, 0.1) is 6.61 Å². The number of allylic oxidation sites excluding steroid dienone is 1. The van der Waals surface area contributed by atoms with E-state index in [0.29, 0.717) is 5.41 Å². The molecule has 0 bridgehead atoms. The quantitative estimate of drug-likeness (QED) is 0.678. The molecule has 2 aliphatic rings. The van der Waals surface area contributed by atoms with Gasteiger partial charge in [0.1, 0.15) is 0 Å². The lowest BCUT2D eigenvalue weighted by Crippen LogP contribution is -2.42. The second-order valence-electron chi connectivity index (χ2n) is 6.95. The van der Waals surface area contributed by atoms with Crippen LogP contribution in [-0.4, -0.2) is 11.7 Å². The van der Waals surface area contributed by atoms with Gasteiger partial charge in [-0.3, -0.25) is 0 Å². The third kappa shape index (κ3) is 2.31. The maximum absolute atomic E-state index is 9.31. The molecule has 0 aromatic carbocycles. The Kier molecular flexibility index (Phi) is 3.68. The molecule has 1 N–H and O–H groups in total. The molecule has 2 aliphatic carbocycles. The molecule has 2 rings (SSSR count). The third-order valence-electron chi connectivity index (χ3n) is 5.89. The van der Waals surface area contributed by atoms with Crippen molar-refractivity contribution < 1.29 is 5.11 Å². The molecule has 3 atom stereocenters. The zero-order valence-electron chi connectivity index (χ0n) is 11.9. The van der Waals surface area contributed by atoms with Crippen LogP contribution in [0.1, 0.15) is 59.8 Å². The maximum Gasteiger partial charge on any atom is 0.0641 e. The Morgan fingerprint density at radius 1 is 1.29 bits per heavy atom. The lowest BCUT2D eigenvalue weighted by molar-refractivity contribution is 0.00689. The Hall–Kier alpha value is -0.300. The minimum atomic E-state index is 0.253. The average molecular weight is 236 g/mol. The summed E-state index contributed by atoms with van der Waals surface area (Å²) >= 11 is 0. The van der Waals surface area contributed by atoms with Crippen molar-refractivity contribution in [3.8, 4) is 0 Å². The minimum Gasteiger partial charge on any atom is -0.392 e. The number of rotatable bonds is 1. The van der Waals surface area contributed by atoms with Crippen molar-refractivity contribution in [2.75, 3.05) is 6.61 Å². The molecule has 0 aliphatic heterocycles. The van der Waals surface area contributed by atoms with E-state index in [-0.39, 0.29) is 6.61 Å². The van der Waals surface area contributed by atoms with Gasteiger partial charge in [0.15, 0.2) is 0 Å². The Bertz CT molecular complexity index is 313. The van der Waals surface area contributed by atoms with E-state index in [1.165, 1.54) is 37.7 Å². The maximum atomic E-state index is 9.31. The summed E-state index contributed by atoms with van der Waals surface area (Å²) in [6, 6.07) is 0. The van der Waals surface area contributed by atoms with E-state index >= 15 is 0 Å². The van der Waals surface area contributed by atoms with E-state index in [4.69, 9.17) is 0 Å². The number of fused-ring (bicyclic) bond motifs is 1. The second-order valence-corrected chi connectivity index (χ2v) is 6.95. The first-order valence-electron chi connectivity index (χ1n) is 7.25. The Balaban J connectivity index is 2.20. The monoisotopic (exact) mass is 236 g/mol. The van der Waals surface area contributed by atoms with Gasteiger partial charge in [-0.05, 0) is 67.8 Å². The molecule has 2 fully saturated rings. The van der Waals surface area contributed by atoms with Gasteiger partial charge in [-0.25, -0.2) is 0 Å². The van der Waals surface area contributed by atoms with Crippen LogP contribution >= 0.6 is 0 Å². The summed E-state index contributed by atoms with van der Waals surface area (Å²) in [6.45, 7) is 9.71. The number of aliphatic hydroxyl groups is 1. The molecule has 0 radical (unpaired) electrons. The molecule has 1 nitrogen and oxygen atoms in total. The highest BCUT2D eigenvalue weighted by Crippen LogP contribution is 2.54. The molecule has 0 unspecified atom stereocenters. The van der Waals surface area contributed by atoms with E-state index in [2.05, 4.69) is 27.7 Å². The summed E-state index contributed by atoms with van der Waals surface area (Å²) in [6.07, 6.45) is 6.67. The molecule has 17 heavy (non-hydrogen) atoms. The van der Waals surface area contributed by atoms with Crippen LogP contribution in [-0.2, 0) is 0 Å². The predicted octanol–water partition coefficient (Wildman–Crippen LogP) is 4.17. The largest absolute Gasteiger partial charge is 0.392 e. The summed E-state index contributed by atoms with van der Waals surface area (Å²) in [4.78, 5) is 0. The van der Waals surface area contributed by atoms with Crippen LogP contribution in [0.25, 0.3) is 0 Å². The van der Waals surface area contributed by atoms with Crippen molar-refractivity contribution >= 4 is 0 Å². The smallest absolute Gasteiger partial charge is 0.0641 e. The number of aliphatic hydroxyl groups excluding tert-OH is 1. The van der Waals surface area contributed by atoms with Crippen LogP contribution in [0, 0.1) is 23.2 Å². The molecule has 0 saturated heterocycles. The lowest BCUT2D eigenvalue weighted by Gasteiger charge is -2.51. The SMILES string of the molecule is C/C(CO)=C1\CC[C@H]2CC[C@H](C)C(C)(C)[C@@H]2C1. The predicted molar refractivity (Wildman–Crippen MR) is 72.8 cm³/mol. The first kappa shape index (κ1) is 13.1. The summed E-state index contributed by atoms with van der Waals surface area (Å²) < 4.78 is 0. The summed E-state index contributed by atoms with van der Waals surface area (Å²) in [7, 11) is 0. The van der Waals surface area contributed by atoms with E-state index in [1.54, 1.807) is 5.57 Å². The van der Waals surface area contributed by atoms with Crippen molar-refractivity contribution in [1.82, 2.24) is 0 Å². The van der Waals surface area contributed by atoms with E-state index in [0.717, 1.165) is 17.8 Å². The Morgan fingerprint density at radius 3 is 2.65 bits per heavy atom. The van der Waals surface area contributed by atoms with Crippen LogP contribution in [0.15, 0.2) is 11.1 Å². The van der Waals surface area contributed by atoms with Crippen molar-refractivity contribution in [3.63, 3.8) is 0 Å². The van der Waals surface area contributed by atoms with Crippen LogP contribution in [0.2, 0.25) is 0 Å². The fourth-order valence-electron chi connectivity index (χ4n) is 4.01. The van der Waals surface area contributed by atoms with Gasteiger partial charge >= 0.3 is 0 Å². The standard InChI is InChI=1S/C16H28O/c1-11(10-17)14-8-7-13-6-5-12(2)16(3,4)15(13)9-14/h12-13,15,17H,5-10H2,1-4H3/b14-11-/t12-,13+,15+/m0/s1. The highest BCUT2D eigenvalue weighted by atomic mass is 16.3. The molecule has 98 valence electrons. The van der Waals surface area contributed by atoms with Crippen molar-refractivity contribution in [2.24, 2.45) is 23.2 Å². The first-order valence-corrected chi connectivity index (χ1v) is 7.25. The third-order valence-corrected chi connectivity index (χ3v) is 5.89. The van der Waals surface area contributed by atoms with Crippen molar-refractivity contribution in [2.45, 2.75) is 59.8 Å². The summed E-state index contributed by atoms with van der Waals surface area (Å²) in [5.41, 5.74) is 3.26. The second kappa shape index (κ2) is 4.76. The Morgan fingerprint density at radius 2 is 2.00 bits per heavy atom. The van der Waals surface area contributed by atoms with Crippen LogP contribution in [0.5, 0.6) is 0 Å². The van der Waals surface area contributed by atoms with Crippen LogP contribution in [0.3, 0.4) is 0 Å². The topological polar surface area (TPSA) is 20.2 Å². The van der Waals surface area contributed by atoms with Gasteiger partial charge < -0.3 is 5.11 Å². The molecule has 1 heteroatoms. The van der Waals surface area contributed by atoms with Crippen molar-refractivity contribution in [1.29, 1.82) is 0 Å². The zero-order valence-corrected chi connectivity index (χ0v) is 11.9. The number of hydrogen-bond donors (Lipinski definition) is 1. The van der Waals surface area contributed by atoms with Crippen LogP contribution < -0.4 is 0 Å². The normalized spacial score (nSPS) is 39.7. The molecule has 0 spiro atoms. The van der Waals surface area contributed by atoms with E-state index < -0.39 is 0 Å². The molecular formula is C16H28O. The summed E-state index contributed by atoms with van der Waals surface area (Å²) in [5, 5.41) is 9.31. The average Bonchev–Trinajstić information content (AvgIpc) is 2.33. The minimum absolute atomic E-state index is 0.253. The van der Waals surface area contributed by atoms with Crippen molar-refractivity contribution in [3.05, 3.63) is 11.1 Å². The lowest BCUT2D eigenvalue weighted by atomic mass is 9.54. The molecule has 0 amide bonds. The van der Waals surface area contributed by atoms with E-state index in [1.807, 2.05) is 0 Å². The molecule has 0 aromatic rings. The van der Waals surface area contributed by atoms with Gasteiger partial charge in [-0.1, -0.05) is 26.3 Å². The Labute approximate surface area is 106 Å². The fraction of sp³-hybridized carbons (Fsp3) is 0.875. The molecule has 2 saturated carbocycles. The highest BCUT2D eigenvalue weighted by molar-refractivity contribution is 5.17. The summed E-state index contributed by atoms with van der Waals surface area (Å²) in [5.74, 6) is 2.63. The molecule has 0 heterocycles. The van der Waals surface area contributed by atoms with Gasteiger partial charge in [0, 0.05) is 0 Å². The number of hydrogen-bond acceptors (Lipinski definition) is 1. The fourth-order valence-corrected chi connectivity index (χ4v) is 4.01. The van der Waals surface area contributed by atoms with Gasteiger partial charge in [0.25, 0.3) is 0 Å². The molecular weight excluding hydrogens is 208 g/mol. The van der Waals surface area contributed by atoms with Gasteiger partial charge in [-0.15, -0.1) is 0 Å².